The van der Waals surface area contributed by atoms with Gasteiger partial charge < -0.3 is 19.5 Å². The van der Waals surface area contributed by atoms with Crippen molar-refractivity contribution in [3.05, 3.63) is 24.4 Å². The molecule has 4 heteroatoms. The van der Waals surface area contributed by atoms with Crippen LogP contribution >= 0.6 is 0 Å². The van der Waals surface area contributed by atoms with Crippen LogP contribution in [0.5, 0.6) is 11.5 Å². The fourth-order valence-electron chi connectivity index (χ4n) is 1.84. The molecule has 0 aliphatic heterocycles. The van der Waals surface area contributed by atoms with E-state index in [1.807, 2.05) is 18.3 Å². The van der Waals surface area contributed by atoms with Gasteiger partial charge in [-0.15, -0.1) is 0 Å². The van der Waals surface area contributed by atoms with Gasteiger partial charge in [-0.3, -0.25) is 0 Å². The van der Waals surface area contributed by atoms with E-state index in [2.05, 4.69) is 11.5 Å². The van der Waals surface area contributed by atoms with Crippen molar-refractivity contribution in [2.75, 3.05) is 13.2 Å². The average molecular weight is 235 g/mol. The number of aliphatic hydroxyl groups is 1. The van der Waals surface area contributed by atoms with E-state index in [4.69, 9.17) is 9.84 Å². The van der Waals surface area contributed by atoms with Gasteiger partial charge in [-0.05, 0) is 19.1 Å². The van der Waals surface area contributed by atoms with Crippen molar-refractivity contribution < 1.29 is 14.9 Å². The number of hydrogen-bond acceptors (Lipinski definition) is 3. The first-order valence-electron chi connectivity index (χ1n) is 5.81. The zero-order valence-corrected chi connectivity index (χ0v) is 9.89. The van der Waals surface area contributed by atoms with E-state index in [-0.39, 0.29) is 12.4 Å². The number of aromatic hydroxyl groups is 1. The third kappa shape index (κ3) is 2.36. The van der Waals surface area contributed by atoms with E-state index >= 15 is 0 Å². The summed E-state index contributed by atoms with van der Waals surface area (Å²) in [5.41, 5.74) is 1.05. The Balaban J connectivity index is 2.31. The van der Waals surface area contributed by atoms with Gasteiger partial charge in [0.05, 0.1) is 12.1 Å². The maximum atomic E-state index is 9.79. The summed E-state index contributed by atoms with van der Waals surface area (Å²) in [7, 11) is 0. The normalized spacial score (nSPS) is 10.9. The van der Waals surface area contributed by atoms with Crippen molar-refractivity contribution in [2.24, 2.45) is 0 Å². The summed E-state index contributed by atoms with van der Waals surface area (Å²) in [6, 6.07) is 5.51. The van der Waals surface area contributed by atoms with Crippen molar-refractivity contribution in [1.29, 1.82) is 0 Å². The van der Waals surface area contributed by atoms with Gasteiger partial charge in [0.1, 0.15) is 0 Å². The lowest BCUT2D eigenvalue weighted by Gasteiger charge is -2.09. The molecule has 2 N–H and O–H groups in total. The smallest absolute Gasteiger partial charge is 0.163 e. The number of phenols is 1. The summed E-state index contributed by atoms with van der Waals surface area (Å²) >= 11 is 0. The lowest BCUT2D eigenvalue weighted by molar-refractivity contribution is 0.229. The second-order valence-electron chi connectivity index (χ2n) is 3.91. The molecule has 0 spiro atoms. The van der Waals surface area contributed by atoms with E-state index in [1.54, 1.807) is 6.07 Å². The van der Waals surface area contributed by atoms with Gasteiger partial charge in [0.15, 0.2) is 11.5 Å². The predicted octanol–water partition coefficient (Wildman–Crippen LogP) is 2.13. The summed E-state index contributed by atoms with van der Waals surface area (Å²) in [6.45, 7) is 3.44. The molecule has 1 aromatic heterocycles. The van der Waals surface area contributed by atoms with Crippen molar-refractivity contribution >= 4 is 10.9 Å². The minimum atomic E-state index is 0.0916. The largest absolute Gasteiger partial charge is 0.504 e. The van der Waals surface area contributed by atoms with Gasteiger partial charge >= 0.3 is 0 Å². The first kappa shape index (κ1) is 11.8. The summed E-state index contributed by atoms with van der Waals surface area (Å²) in [5, 5.41) is 19.5. The van der Waals surface area contributed by atoms with Gasteiger partial charge in [-0.25, -0.2) is 0 Å². The van der Waals surface area contributed by atoms with Crippen LogP contribution in [-0.2, 0) is 6.54 Å². The zero-order valence-electron chi connectivity index (χ0n) is 9.89. The number of phenolic OH excluding ortho intramolecular Hbond substituents is 1. The van der Waals surface area contributed by atoms with Crippen LogP contribution in [0.2, 0.25) is 0 Å². The fourth-order valence-corrected chi connectivity index (χ4v) is 1.84. The summed E-state index contributed by atoms with van der Waals surface area (Å²) in [6.07, 6.45) is 2.55. The fraction of sp³-hybridized carbons (Fsp3) is 0.385. The maximum Gasteiger partial charge on any atom is 0.163 e. The molecular formula is C13H17NO3. The van der Waals surface area contributed by atoms with E-state index < -0.39 is 0 Å². The lowest BCUT2D eigenvalue weighted by Crippen LogP contribution is -2.00. The molecule has 2 rings (SSSR count). The number of ether oxygens (including phenoxy) is 1. The van der Waals surface area contributed by atoms with Gasteiger partial charge in [0.25, 0.3) is 0 Å². The third-order valence-corrected chi connectivity index (χ3v) is 2.75. The van der Waals surface area contributed by atoms with Crippen LogP contribution in [0.15, 0.2) is 24.4 Å². The van der Waals surface area contributed by atoms with Crippen LogP contribution in [0.4, 0.5) is 0 Å². The number of rotatable bonds is 5. The Bertz CT molecular complexity index is 505. The molecule has 0 radical (unpaired) electrons. The van der Waals surface area contributed by atoms with E-state index in [0.29, 0.717) is 18.8 Å². The van der Waals surface area contributed by atoms with Gasteiger partial charge in [-0.2, -0.15) is 0 Å². The van der Waals surface area contributed by atoms with Crippen LogP contribution in [0, 0.1) is 0 Å². The molecule has 0 aliphatic carbocycles. The van der Waals surface area contributed by atoms with Crippen LogP contribution in [0.25, 0.3) is 10.9 Å². The summed E-state index contributed by atoms with van der Waals surface area (Å²) < 4.78 is 7.52. The molecule has 0 fully saturated rings. The van der Waals surface area contributed by atoms with Crippen LogP contribution in [0.3, 0.4) is 0 Å². The molecule has 2 aromatic rings. The molecule has 0 amide bonds. The number of hydrogen-bond donors (Lipinski definition) is 2. The molecule has 0 saturated heterocycles. The Morgan fingerprint density at radius 1 is 1.35 bits per heavy atom. The molecule has 0 bridgehead atoms. The average Bonchev–Trinajstić information content (AvgIpc) is 2.71. The number of aromatic nitrogens is 1. The molecule has 0 aliphatic rings. The molecule has 4 nitrogen and oxygen atoms in total. The second kappa shape index (κ2) is 5.10. The number of benzene rings is 1. The van der Waals surface area contributed by atoms with Gasteiger partial charge in [0.2, 0.25) is 0 Å². The Morgan fingerprint density at radius 2 is 2.18 bits per heavy atom. The third-order valence-electron chi connectivity index (χ3n) is 2.75. The van der Waals surface area contributed by atoms with Crippen molar-refractivity contribution in [2.45, 2.75) is 19.9 Å². The predicted molar refractivity (Wildman–Crippen MR) is 66.5 cm³/mol. The minimum absolute atomic E-state index is 0.0916. The molecule has 92 valence electrons. The molecule has 1 heterocycles. The quantitative estimate of drug-likeness (QED) is 0.780. The van der Waals surface area contributed by atoms with E-state index in [1.165, 1.54) is 0 Å². The highest BCUT2D eigenvalue weighted by molar-refractivity contribution is 5.83. The molecule has 0 saturated carbocycles. The van der Waals surface area contributed by atoms with Crippen LogP contribution < -0.4 is 4.74 Å². The molecule has 17 heavy (non-hydrogen) atoms. The Kier molecular flexibility index (Phi) is 3.54. The minimum Gasteiger partial charge on any atom is -0.504 e. The standard InChI is InChI=1S/C13H17NO3/c1-2-14-5-4-10-8-12(16)13(9-11(10)14)17-7-3-6-15/h4-5,8-9,15-16H,2-3,6-7H2,1H3. The van der Waals surface area contributed by atoms with Gasteiger partial charge in [0, 0.05) is 37.2 Å². The molecular weight excluding hydrogens is 218 g/mol. The van der Waals surface area contributed by atoms with Crippen molar-refractivity contribution in [3.8, 4) is 11.5 Å². The molecule has 0 unspecified atom stereocenters. The Labute approximate surface area is 100 Å². The van der Waals surface area contributed by atoms with Crippen molar-refractivity contribution in [3.63, 3.8) is 0 Å². The summed E-state index contributed by atoms with van der Waals surface area (Å²) in [4.78, 5) is 0. The van der Waals surface area contributed by atoms with Crippen LogP contribution in [0.1, 0.15) is 13.3 Å². The maximum absolute atomic E-state index is 9.79. The summed E-state index contributed by atoms with van der Waals surface area (Å²) in [5.74, 6) is 0.614. The monoisotopic (exact) mass is 235 g/mol. The first-order chi connectivity index (χ1) is 8.26. The number of nitrogens with zero attached hydrogens (tertiary/aromatic N) is 1. The first-order valence-corrected chi connectivity index (χ1v) is 5.81. The topological polar surface area (TPSA) is 54.6 Å². The number of aryl methyl sites for hydroxylation is 1. The lowest BCUT2D eigenvalue weighted by atomic mass is 10.2. The van der Waals surface area contributed by atoms with Gasteiger partial charge in [-0.1, -0.05) is 0 Å². The van der Waals surface area contributed by atoms with E-state index in [0.717, 1.165) is 17.4 Å². The molecule has 1 aromatic carbocycles. The Hall–Kier alpha value is -1.68. The highest BCUT2D eigenvalue weighted by Gasteiger charge is 2.07. The SMILES string of the molecule is CCn1ccc2cc(O)c(OCCCO)cc21. The number of aliphatic hydroxyl groups excluding tert-OH is 1. The highest BCUT2D eigenvalue weighted by Crippen LogP contribution is 2.32. The molecule has 0 atom stereocenters. The highest BCUT2D eigenvalue weighted by atomic mass is 16.5. The van der Waals surface area contributed by atoms with Crippen molar-refractivity contribution in [1.82, 2.24) is 4.57 Å². The Morgan fingerprint density at radius 3 is 2.88 bits per heavy atom. The van der Waals surface area contributed by atoms with E-state index in [9.17, 15) is 5.11 Å². The second-order valence-corrected chi connectivity index (χ2v) is 3.91. The number of fused-ring (bicyclic) bond motifs is 1. The zero-order chi connectivity index (χ0) is 12.3. The van der Waals surface area contributed by atoms with Crippen LogP contribution in [-0.4, -0.2) is 28.0 Å².